The van der Waals surface area contributed by atoms with Crippen molar-refractivity contribution in [3.8, 4) is 11.4 Å². The van der Waals surface area contributed by atoms with Gasteiger partial charge in [0, 0.05) is 5.69 Å². The van der Waals surface area contributed by atoms with E-state index in [0.29, 0.717) is 11.4 Å². The monoisotopic (exact) mass is 236 g/mol. The highest BCUT2D eigenvalue weighted by molar-refractivity contribution is 5.76. The first-order valence-corrected chi connectivity index (χ1v) is 4.97. The molecule has 0 aromatic carbocycles. The third-order valence-corrected chi connectivity index (χ3v) is 2.59. The van der Waals surface area contributed by atoms with Gasteiger partial charge in [0.15, 0.2) is 11.4 Å². The van der Waals surface area contributed by atoms with E-state index in [9.17, 15) is 4.79 Å². The van der Waals surface area contributed by atoms with E-state index in [1.54, 1.807) is 6.20 Å². The Balaban J connectivity index is 2.57. The van der Waals surface area contributed by atoms with Crippen molar-refractivity contribution in [2.24, 2.45) is 0 Å². The summed E-state index contributed by atoms with van der Waals surface area (Å²) in [6.07, 6.45) is 1.56. The number of nitrogens with zero attached hydrogens (tertiary/aromatic N) is 5. The molecule has 0 aliphatic heterocycles. The molecule has 0 aliphatic carbocycles. The molecule has 0 saturated carbocycles. The van der Waals surface area contributed by atoms with Crippen LogP contribution >= 0.6 is 0 Å². The lowest BCUT2D eigenvalue weighted by Gasteiger charge is -2.20. The topological polar surface area (TPSA) is 110 Å². The lowest BCUT2D eigenvalue weighted by molar-refractivity contribution is -0.146. The van der Waals surface area contributed by atoms with Gasteiger partial charge in [0.2, 0.25) is 0 Å². The van der Waals surface area contributed by atoms with Crippen LogP contribution < -0.4 is 0 Å². The van der Waals surface area contributed by atoms with Crippen LogP contribution in [-0.4, -0.2) is 41.5 Å². The number of aromatic nitrogens is 6. The number of hydrogen-bond acceptors (Lipinski definition) is 5. The summed E-state index contributed by atoms with van der Waals surface area (Å²) in [5, 5.41) is 26.9. The van der Waals surface area contributed by atoms with Gasteiger partial charge in [0.05, 0.1) is 11.8 Å². The van der Waals surface area contributed by atoms with Gasteiger partial charge in [-0.05, 0) is 31.2 Å². The molecule has 0 saturated heterocycles. The van der Waals surface area contributed by atoms with Crippen LogP contribution in [0.25, 0.3) is 11.4 Å². The van der Waals surface area contributed by atoms with Crippen LogP contribution in [0.1, 0.15) is 19.5 Å². The molecule has 0 amide bonds. The maximum Gasteiger partial charge on any atom is 0.331 e. The van der Waals surface area contributed by atoms with Gasteiger partial charge in [-0.3, -0.25) is 5.10 Å². The minimum Gasteiger partial charge on any atom is -0.479 e. The van der Waals surface area contributed by atoms with Crippen LogP contribution in [0.5, 0.6) is 0 Å². The highest BCUT2D eigenvalue weighted by Crippen LogP contribution is 2.24. The summed E-state index contributed by atoms with van der Waals surface area (Å²) >= 11 is 0. The van der Waals surface area contributed by atoms with Gasteiger partial charge in [0.25, 0.3) is 0 Å². The molecule has 2 N–H and O–H groups in total. The standard InChI is InChI=1S/C9H12N6O2/c1-5-6(4-10-11-5)7-12-13-14-15(7)9(2,3)8(16)17/h4H,1-3H3,(H,10,11)(H,16,17). The zero-order valence-corrected chi connectivity index (χ0v) is 9.67. The number of carboxylic acid groups (broad SMARTS) is 1. The van der Waals surface area contributed by atoms with E-state index in [4.69, 9.17) is 5.11 Å². The molecule has 0 unspecified atom stereocenters. The zero-order chi connectivity index (χ0) is 12.6. The summed E-state index contributed by atoms with van der Waals surface area (Å²) in [6, 6.07) is 0. The fourth-order valence-corrected chi connectivity index (χ4v) is 1.40. The first-order chi connectivity index (χ1) is 7.94. The van der Waals surface area contributed by atoms with Crippen molar-refractivity contribution >= 4 is 5.97 Å². The molecule has 0 radical (unpaired) electrons. The van der Waals surface area contributed by atoms with Crippen molar-refractivity contribution in [2.45, 2.75) is 26.3 Å². The minimum atomic E-state index is -1.22. The molecular weight excluding hydrogens is 224 g/mol. The van der Waals surface area contributed by atoms with Crippen molar-refractivity contribution in [3.05, 3.63) is 11.9 Å². The lowest BCUT2D eigenvalue weighted by Crippen LogP contribution is -2.37. The van der Waals surface area contributed by atoms with Gasteiger partial charge in [-0.15, -0.1) is 5.10 Å². The molecule has 2 rings (SSSR count). The maximum atomic E-state index is 11.2. The minimum absolute atomic E-state index is 0.378. The third kappa shape index (κ3) is 1.67. The molecule has 90 valence electrons. The van der Waals surface area contributed by atoms with Crippen LogP contribution in [0.15, 0.2) is 6.20 Å². The first kappa shape index (κ1) is 11.2. The van der Waals surface area contributed by atoms with E-state index in [2.05, 4.69) is 25.7 Å². The average Bonchev–Trinajstić information content (AvgIpc) is 2.84. The zero-order valence-electron chi connectivity index (χ0n) is 9.67. The molecule has 0 atom stereocenters. The second kappa shape index (κ2) is 3.65. The Hall–Kier alpha value is -2.25. The molecule has 2 aromatic heterocycles. The largest absolute Gasteiger partial charge is 0.479 e. The smallest absolute Gasteiger partial charge is 0.331 e. The number of rotatable bonds is 3. The SMILES string of the molecule is Cc1[nH]ncc1-c1nnnn1C(C)(C)C(=O)O. The summed E-state index contributed by atoms with van der Waals surface area (Å²) in [5.74, 6) is -0.629. The number of H-pyrrole nitrogens is 1. The predicted molar refractivity (Wildman–Crippen MR) is 57.1 cm³/mol. The van der Waals surface area contributed by atoms with Crippen molar-refractivity contribution in [1.29, 1.82) is 0 Å². The molecule has 8 heteroatoms. The summed E-state index contributed by atoms with van der Waals surface area (Å²) in [6.45, 7) is 4.88. The van der Waals surface area contributed by atoms with Crippen molar-refractivity contribution in [3.63, 3.8) is 0 Å². The van der Waals surface area contributed by atoms with Crippen LogP contribution in [0.3, 0.4) is 0 Å². The van der Waals surface area contributed by atoms with Gasteiger partial charge in [-0.2, -0.15) is 5.10 Å². The summed E-state index contributed by atoms with van der Waals surface area (Å²) < 4.78 is 1.27. The van der Waals surface area contributed by atoms with Gasteiger partial charge in [0.1, 0.15) is 0 Å². The number of hydrogen-bond donors (Lipinski definition) is 2. The van der Waals surface area contributed by atoms with Gasteiger partial charge in [-0.1, -0.05) is 0 Å². The molecule has 2 heterocycles. The predicted octanol–water partition coefficient (Wildman–Crippen LogP) is 0.191. The number of aryl methyl sites for hydroxylation is 1. The Kier molecular flexibility index (Phi) is 2.41. The van der Waals surface area contributed by atoms with E-state index in [1.165, 1.54) is 18.5 Å². The Morgan fingerprint density at radius 1 is 1.53 bits per heavy atom. The molecule has 0 fully saturated rings. The average molecular weight is 236 g/mol. The van der Waals surface area contributed by atoms with Crippen LogP contribution in [0.2, 0.25) is 0 Å². The first-order valence-electron chi connectivity index (χ1n) is 4.97. The molecule has 0 bridgehead atoms. The van der Waals surface area contributed by atoms with Gasteiger partial charge >= 0.3 is 5.97 Å². The number of carbonyl (C=O) groups is 1. The fraction of sp³-hybridized carbons (Fsp3) is 0.444. The number of nitrogens with one attached hydrogen (secondary N) is 1. The molecule has 8 nitrogen and oxygen atoms in total. The van der Waals surface area contributed by atoms with E-state index < -0.39 is 11.5 Å². The van der Waals surface area contributed by atoms with E-state index >= 15 is 0 Å². The number of carboxylic acids is 1. The van der Waals surface area contributed by atoms with E-state index in [0.717, 1.165) is 5.69 Å². The molecule has 0 spiro atoms. The van der Waals surface area contributed by atoms with Crippen molar-refractivity contribution in [2.75, 3.05) is 0 Å². The second-order valence-corrected chi connectivity index (χ2v) is 4.19. The number of tetrazole rings is 1. The normalized spacial score (nSPS) is 11.7. The van der Waals surface area contributed by atoms with Crippen molar-refractivity contribution < 1.29 is 9.90 Å². The van der Waals surface area contributed by atoms with Gasteiger partial charge < -0.3 is 5.11 Å². The molecule has 17 heavy (non-hydrogen) atoms. The highest BCUT2D eigenvalue weighted by atomic mass is 16.4. The number of aromatic amines is 1. The molecule has 0 aliphatic rings. The summed E-state index contributed by atoms with van der Waals surface area (Å²) in [7, 11) is 0. The highest BCUT2D eigenvalue weighted by Gasteiger charge is 2.34. The maximum absolute atomic E-state index is 11.2. The Labute approximate surface area is 96.6 Å². The lowest BCUT2D eigenvalue weighted by atomic mass is 10.1. The third-order valence-electron chi connectivity index (χ3n) is 2.59. The Bertz CT molecular complexity index is 555. The Morgan fingerprint density at radius 2 is 2.24 bits per heavy atom. The molecule has 2 aromatic rings. The second-order valence-electron chi connectivity index (χ2n) is 4.19. The van der Waals surface area contributed by atoms with Crippen LogP contribution in [0.4, 0.5) is 0 Å². The van der Waals surface area contributed by atoms with Crippen molar-refractivity contribution in [1.82, 2.24) is 30.4 Å². The van der Waals surface area contributed by atoms with E-state index in [-0.39, 0.29) is 0 Å². The van der Waals surface area contributed by atoms with Gasteiger partial charge in [-0.25, -0.2) is 9.48 Å². The quantitative estimate of drug-likeness (QED) is 0.787. The Morgan fingerprint density at radius 3 is 2.76 bits per heavy atom. The summed E-state index contributed by atoms with van der Waals surface area (Å²) in [5.41, 5.74) is 0.245. The van der Waals surface area contributed by atoms with E-state index in [1.807, 2.05) is 6.92 Å². The van der Waals surface area contributed by atoms with Crippen LogP contribution in [0, 0.1) is 6.92 Å². The summed E-state index contributed by atoms with van der Waals surface area (Å²) in [4.78, 5) is 11.2. The molecular formula is C9H12N6O2. The number of aliphatic carboxylic acids is 1. The fourth-order valence-electron chi connectivity index (χ4n) is 1.40. The van der Waals surface area contributed by atoms with Crippen LogP contribution in [-0.2, 0) is 10.3 Å².